The van der Waals surface area contributed by atoms with Crippen LogP contribution < -0.4 is 10.2 Å². The van der Waals surface area contributed by atoms with Crippen molar-refractivity contribution in [1.82, 2.24) is 40.0 Å². The fourth-order valence-corrected chi connectivity index (χ4v) is 2.68. The number of imidazole rings is 1. The number of carbonyl (C=O) groups is 1. The van der Waals surface area contributed by atoms with Crippen molar-refractivity contribution >= 4 is 11.7 Å². The molecule has 0 aromatic carbocycles. The second-order valence-corrected chi connectivity index (χ2v) is 5.79. The summed E-state index contributed by atoms with van der Waals surface area (Å²) < 4.78 is 1.57. The van der Waals surface area contributed by atoms with Crippen LogP contribution in [-0.4, -0.2) is 60.2 Å². The van der Waals surface area contributed by atoms with Crippen LogP contribution in [0.15, 0.2) is 37.6 Å². The number of carbonyl (C=O) groups excluding carboxylic acids is 1. The highest BCUT2D eigenvalue weighted by Gasteiger charge is 2.33. The summed E-state index contributed by atoms with van der Waals surface area (Å²) >= 11 is 0. The van der Waals surface area contributed by atoms with E-state index in [0.717, 1.165) is 17.9 Å². The van der Waals surface area contributed by atoms with Gasteiger partial charge >= 0.3 is 0 Å². The molecular formula is C15H17N9O. The van der Waals surface area contributed by atoms with E-state index < -0.39 is 0 Å². The minimum Gasteiger partial charge on any atom is -0.355 e. The number of aromatic nitrogens is 7. The minimum atomic E-state index is -0.0217. The Morgan fingerprint density at radius 3 is 2.88 bits per heavy atom. The van der Waals surface area contributed by atoms with E-state index in [9.17, 15) is 4.79 Å². The third-order valence-electron chi connectivity index (χ3n) is 4.12. The van der Waals surface area contributed by atoms with Crippen LogP contribution in [0.25, 0.3) is 5.82 Å². The molecule has 1 aliphatic rings. The van der Waals surface area contributed by atoms with Gasteiger partial charge in [0, 0.05) is 44.0 Å². The van der Waals surface area contributed by atoms with E-state index in [1.807, 2.05) is 11.0 Å². The molecule has 25 heavy (non-hydrogen) atoms. The molecule has 128 valence electrons. The first kappa shape index (κ1) is 15.2. The molecule has 3 aromatic heterocycles. The van der Waals surface area contributed by atoms with E-state index in [1.165, 1.54) is 12.7 Å². The molecule has 1 amide bonds. The van der Waals surface area contributed by atoms with E-state index in [4.69, 9.17) is 0 Å². The molecule has 10 heteroatoms. The molecule has 0 unspecified atom stereocenters. The fourth-order valence-electron chi connectivity index (χ4n) is 2.68. The molecule has 1 aliphatic heterocycles. The van der Waals surface area contributed by atoms with E-state index in [0.29, 0.717) is 25.5 Å². The average Bonchev–Trinajstić information content (AvgIpc) is 3.28. The molecule has 0 radical (unpaired) electrons. The summed E-state index contributed by atoms with van der Waals surface area (Å²) in [4.78, 5) is 33.5. The molecule has 0 atom stereocenters. The third-order valence-corrected chi connectivity index (χ3v) is 4.12. The van der Waals surface area contributed by atoms with Crippen molar-refractivity contribution in [1.29, 1.82) is 0 Å². The van der Waals surface area contributed by atoms with Gasteiger partial charge < -0.3 is 15.2 Å². The van der Waals surface area contributed by atoms with Crippen LogP contribution in [0.4, 0.5) is 5.82 Å². The first-order valence-corrected chi connectivity index (χ1v) is 7.96. The molecule has 3 aromatic rings. The summed E-state index contributed by atoms with van der Waals surface area (Å²) in [5.41, 5.74) is 1.01. The van der Waals surface area contributed by atoms with Gasteiger partial charge in [-0.1, -0.05) is 0 Å². The summed E-state index contributed by atoms with van der Waals surface area (Å²) in [7, 11) is 0. The predicted molar refractivity (Wildman–Crippen MR) is 88.0 cm³/mol. The lowest BCUT2D eigenvalue weighted by atomic mass is 9.99. The van der Waals surface area contributed by atoms with E-state index in [1.54, 1.807) is 23.5 Å². The lowest BCUT2D eigenvalue weighted by Gasteiger charge is -2.39. The number of hydrogen-bond donors (Lipinski definition) is 2. The first-order valence-electron chi connectivity index (χ1n) is 7.96. The lowest BCUT2D eigenvalue weighted by Crippen LogP contribution is -2.54. The molecule has 2 N–H and O–H groups in total. The van der Waals surface area contributed by atoms with E-state index >= 15 is 0 Å². The Bertz CT molecular complexity index is 825. The van der Waals surface area contributed by atoms with Gasteiger partial charge in [-0.25, -0.2) is 24.6 Å². The van der Waals surface area contributed by atoms with Crippen molar-refractivity contribution in [3.05, 3.63) is 43.3 Å². The second kappa shape index (κ2) is 6.67. The van der Waals surface area contributed by atoms with Crippen molar-refractivity contribution in [3.8, 4) is 5.82 Å². The molecular weight excluding hydrogens is 322 g/mol. The highest BCUT2D eigenvalue weighted by molar-refractivity contribution is 5.81. The maximum absolute atomic E-state index is 12.2. The molecule has 1 fully saturated rings. The smallest absolute Gasteiger partial charge is 0.226 e. The Morgan fingerprint density at radius 1 is 1.24 bits per heavy atom. The van der Waals surface area contributed by atoms with Gasteiger partial charge in [0.2, 0.25) is 5.91 Å². The Hall–Kier alpha value is -3.30. The van der Waals surface area contributed by atoms with E-state index in [-0.39, 0.29) is 11.8 Å². The zero-order valence-electron chi connectivity index (χ0n) is 13.4. The quantitative estimate of drug-likeness (QED) is 0.626. The zero-order valence-corrected chi connectivity index (χ0v) is 13.4. The highest BCUT2D eigenvalue weighted by atomic mass is 16.2. The van der Waals surface area contributed by atoms with Crippen molar-refractivity contribution in [3.63, 3.8) is 0 Å². The van der Waals surface area contributed by atoms with Crippen LogP contribution in [0.2, 0.25) is 0 Å². The molecule has 0 saturated carbocycles. The normalized spacial score (nSPS) is 14.3. The standard InChI is InChI=1S/C15H17N9O/c25-15(18-2-1-12-4-16-7-19-12)11-5-23(6-11)13-3-14(21-9-20-13)24-10-17-8-22-24/h3-4,7-11H,1-2,5-6H2,(H,16,19)(H,18,25). The van der Waals surface area contributed by atoms with Gasteiger partial charge in [-0.05, 0) is 0 Å². The number of amides is 1. The van der Waals surface area contributed by atoms with E-state index in [2.05, 4.69) is 35.3 Å². The lowest BCUT2D eigenvalue weighted by molar-refractivity contribution is -0.125. The van der Waals surface area contributed by atoms with Crippen LogP contribution in [0.5, 0.6) is 0 Å². The molecule has 0 bridgehead atoms. The number of anilines is 1. The summed E-state index contributed by atoms with van der Waals surface area (Å²) in [6, 6.07) is 1.83. The topological polar surface area (TPSA) is 118 Å². The number of rotatable bonds is 6. The van der Waals surface area contributed by atoms with Crippen LogP contribution in [0, 0.1) is 5.92 Å². The highest BCUT2D eigenvalue weighted by Crippen LogP contribution is 2.23. The van der Waals surface area contributed by atoms with Crippen molar-refractivity contribution < 1.29 is 4.79 Å². The van der Waals surface area contributed by atoms with Gasteiger partial charge in [0.1, 0.15) is 24.8 Å². The number of H-pyrrole nitrogens is 1. The zero-order chi connectivity index (χ0) is 17.1. The predicted octanol–water partition coefficient (Wildman–Crippen LogP) is -0.425. The number of aromatic amines is 1. The molecule has 4 rings (SSSR count). The average molecular weight is 339 g/mol. The number of nitrogens with zero attached hydrogens (tertiary/aromatic N) is 7. The molecule has 0 spiro atoms. The maximum atomic E-state index is 12.2. The third kappa shape index (κ3) is 3.32. The van der Waals surface area contributed by atoms with Crippen molar-refractivity contribution in [2.75, 3.05) is 24.5 Å². The van der Waals surface area contributed by atoms with Crippen LogP contribution in [0.3, 0.4) is 0 Å². The molecule has 10 nitrogen and oxygen atoms in total. The number of hydrogen-bond acceptors (Lipinski definition) is 7. The Balaban J connectivity index is 1.28. The maximum Gasteiger partial charge on any atom is 0.226 e. The summed E-state index contributed by atoms with van der Waals surface area (Å²) in [5, 5.41) is 7.01. The summed E-state index contributed by atoms with van der Waals surface area (Å²) in [5.74, 6) is 1.48. The molecule has 1 saturated heterocycles. The van der Waals surface area contributed by atoms with Gasteiger partial charge in [-0.2, -0.15) is 5.10 Å². The van der Waals surface area contributed by atoms with Crippen LogP contribution in [-0.2, 0) is 11.2 Å². The Labute approximate surface area is 143 Å². The molecule has 4 heterocycles. The van der Waals surface area contributed by atoms with Crippen LogP contribution >= 0.6 is 0 Å². The Kier molecular flexibility index (Phi) is 4.07. The van der Waals surface area contributed by atoms with Crippen LogP contribution in [0.1, 0.15) is 5.69 Å². The summed E-state index contributed by atoms with van der Waals surface area (Å²) in [6.07, 6.45) is 8.67. The van der Waals surface area contributed by atoms with Gasteiger partial charge in [0.15, 0.2) is 5.82 Å². The fraction of sp³-hybridized carbons (Fsp3) is 0.333. The minimum absolute atomic E-state index is 0.0217. The Morgan fingerprint density at radius 2 is 2.12 bits per heavy atom. The summed E-state index contributed by atoms with van der Waals surface area (Å²) in [6.45, 7) is 1.88. The monoisotopic (exact) mass is 339 g/mol. The van der Waals surface area contributed by atoms with Gasteiger partial charge in [-0.3, -0.25) is 4.79 Å². The number of nitrogens with one attached hydrogen (secondary N) is 2. The van der Waals surface area contributed by atoms with Gasteiger partial charge in [0.25, 0.3) is 0 Å². The first-order chi connectivity index (χ1) is 12.3. The van der Waals surface area contributed by atoms with Gasteiger partial charge in [0.05, 0.1) is 12.2 Å². The van der Waals surface area contributed by atoms with Crippen molar-refractivity contribution in [2.45, 2.75) is 6.42 Å². The molecule has 0 aliphatic carbocycles. The SMILES string of the molecule is O=C(NCCc1cnc[nH]1)C1CN(c2cc(-n3cncn3)ncn2)C1. The largest absolute Gasteiger partial charge is 0.355 e. The van der Waals surface area contributed by atoms with Crippen molar-refractivity contribution in [2.24, 2.45) is 5.92 Å². The van der Waals surface area contributed by atoms with Gasteiger partial charge in [-0.15, -0.1) is 0 Å². The second-order valence-electron chi connectivity index (χ2n) is 5.79.